The third-order valence-electron chi connectivity index (χ3n) is 4.17. The number of amides is 1. The molecule has 3 nitrogen and oxygen atoms in total. The topological polar surface area (TPSA) is 52.9 Å². The summed E-state index contributed by atoms with van der Waals surface area (Å²) in [7, 11) is 0. The van der Waals surface area contributed by atoms with Gasteiger partial charge in [-0.1, -0.05) is 34.1 Å². The number of carbonyl (C=O) groups excluding carboxylic acids is 1. The molecule has 0 aromatic heterocycles. The molecule has 4 unspecified atom stereocenters. The van der Waals surface area contributed by atoms with Crippen LogP contribution in [-0.4, -0.2) is 11.9 Å². The zero-order chi connectivity index (χ0) is 13.0. The molecule has 1 aliphatic rings. The molecule has 1 saturated carbocycles. The molecule has 0 aromatic carbocycles. The van der Waals surface area contributed by atoms with Gasteiger partial charge in [0.15, 0.2) is 0 Å². The number of nitrogens with one attached hydrogen (secondary N) is 1. The van der Waals surface area contributed by atoms with Gasteiger partial charge in [-0.25, -0.2) is 0 Å². The summed E-state index contributed by atoms with van der Waals surface area (Å²) in [5.74, 6) is 0.744. The van der Waals surface area contributed by atoms with Gasteiger partial charge in [-0.15, -0.1) is 0 Å². The lowest BCUT2D eigenvalue weighted by molar-refractivity contribution is -0.125. The minimum absolute atomic E-state index is 0.0821. The standard InChI is InChI=1S/C14H24N2O/c1-5-11-6-7-13(10(11)4)16-14(17)12(8-15)9(2)3/h9-13H,5-7H2,1-4H3,(H,16,17). The highest BCUT2D eigenvalue weighted by Gasteiger charge is 2.34. The van der Waals surface area contributed by atoms with E-state index in [1.54, 1.807) is 0 Å². The number of hydrogen-bond donors (Lipinski definition) is 1. The monoisotopic (exact) mass is 236 g/mol. The Morgan fingerprint density at radius 2 is 2.12 bits per heavy atom. The van der Waals surface area contributed by atoms with Crippen LogP contribution in [0.3, 0.4) is 0 Å². The van der Waals surface area contributed by atoms with Gasteiger partial charge >= 0.3 is 0 Å². The Kier molecular flexibility index (Phi) is 4.99. The molecule has 4 atom stereocenters. The van der Waals surface area contributed by atoms with E-state index in [0.29, 0.717) is 5.92 Å². The second-order valence-electron chi connectivity index (χ2n) is 5.57. The van der Waals surface area contributed by atoms with E-state index in [1.807, 2.05) is 13.8 Å². The maximum Gasteiger partial charge on any atom is 0.237 e. The summed E-state index contributed by atoms with van der Waals surface area (Å²) in [6, 6.07) is 2.37. The number of nitriles is 1. The predicted octanol–water partition coefficient (Wildman–Crippen LogP) is 2.72. The van der Waals surface area contributed by atoms with Gasteiger partial charge in [-0.3, -0.25) is 4.79 Å². The molecule has 1 rings (SSSR count). The van der Waals surface area contributed by atoms with Crippen molar-refractivity contribution in [2.75, 3.05) is 0 Å². The molecular weight excluding hydrogens is 212 g/mol. The normalized spacial score (nSPS) is 30.0. The van der Waals surface area contributed by atoms with Crippen LogP contribution in [0.25, 0.3) is 0 Å². The summed E-state index contributed by atoms with van der Waals surface area (Å²) in [5.41, 5.74) is 0. The van der Waals surface area contributed by atoms with Crippen molar-refractivity contribution >= 4 is 5.91 Å². The van der Waals surface area contributed by atoms with Crippen molar-refractivity contribution in [3.63, 3.8) is 0 Å². The lowest BCUT2D eigenvalue weighted by Crippen LogP contribution is -2.42. The van der Waals surface area contributed by atoms with Gasteiger partial charge in [-0.05, 0) is 30.6 Å². The zero-order valence-corrected chi connectivity index (χ0v) is 11.4. The second kappa shape index (κ2) is 6.05. The van der Waals surface area contributed by atoms with Crippen LogP contribution >= 0.6 is 0 Å². The Labute approximate surface area is 105 Å². The highest BCUT2D eigenvalue weighted by atomic mass is 16.1. The zero-order valence-electron chi connectivity index (χ0n) is 11.4. The van der Waals surface area contributed by atoms with E-state index in [1.165, 1.54) is 12.8 Å². The van der Waals surface area contributed by atoms with Crippen LogP contribution in [0.1, 0.15) is 47.0 Å². The predicted molar refractivity (Wildman–Crippen MR) is 68.1 cm³/mol. The van der Waals surface area contributed by atoms with E-state index in [-0.39, 0.29) is 17.9 Å². The van der Waals surface area contributed by atoms with E-state index in [4.69, 9.17) is 5.26 Å². The molecule has 0 radical (unpaired) electrons. The molecule has 3 heteroatoms. The lowest BCUT2D eigenvalue weighted by atomic mass is 9.92. The fraction of sp³-hybridized carbons (Fsp3) is 0.857. The Morgan fingerprint density at radius 3 is 2.53 bits per heavy atom. The fourth-order valence-corrected chi connectivity index (χ4v) is 2.81. The summed E-state index contributed by atoms with van der Waals surface area (Å²) in [4.78, 5) is 12.0. The van der Waals surface area contributed by atoms with Gasteiger partial charge in [0.1, 0.15) is 5.92 Å². The maximum atomic E-state index is 12.0. The SMILES string of the molecule is CCC1CCC(NC(=O)C(C#N)C(C)C)C1C. The van der Waals surface area contributed by atoms with Crippen molar-refractivity contribution in [2.24, 2.45) is 23.7 Å². The van der Waals surface area contributed by atoms with Crippen molar-refractivity contribution in [1.29, 1.82) is 5.26 Å². The minimum Gasteiger partial charge on any atom is -0.352 e. The molecule has 1 N–H and O–H groups in total. The molecule has 0 heterocycles. The fourth-order valence-electron chi connectivity index (χ4n) is 2.81. The summed E-state index contributed by atoms with van der Waals surface area (Å²) >= 11 is 0. The highest BCUT2D eigenvalue weighted by Crippen LogP contribution is 2.34. The van der Waals surface area contributed by atoms with Crippen molar-refractivity contribution in [1.82, 2.24) is 5.32 Å². The number of rotatable bonds is 4. The Bertz CT molecular complexity index is 306. The summed E-state index contributed by atoms with van der Waals surface area (Å²) in [5, 5.41) is 12.1. The number of nitrogens with zero attached hydrogens (tertiary/aromatic N) is 1. The molecule has 0 aromatic rings. The molecule has 17 heavy (non-hydrogen) atoms. The number of carbonyl (C=O) groups is 1. The van der Waals surface area contributed by atoms with Crippen LogP contribution in [-0.2, 0) is 4.79 Å². The quantitative estimate of drug-likeness (QED) is 0.816. The second-order valence-corrected chi connectivity index (χ2v) is 5.57. The molecule has 96 valence electrons. The Balaban J connectivity index is 2.56. The van der Waals surface area contributed by atoms with Crippen LogP contribution in [0, 0.1) is 35.0 Å². The maximum absolute atomic E-state index is 12.0. The summed E-state index contributed by atoms with van der Waals surface area (Å²) in [6.07, 6.45) is 3.43. The third-order valence-corrected chi connectivity index (χ3v) is 4.17. The Hall–Kier alpha value is -1.04. The van der Waals surface area contributed by atoms with Crippen LogP contribution in [0.4, 0.5) is 0 Å². The van der Waals surface area contributed by atoms with Crippen LogP contribution in [0.5, 0.6) is 0 Å². The van der Waals surface area contributed by atoms with Crippen LogP contribution < -0.4 is 5.32 Å². The molecule has 1 amide bonds. The minimum atomic E-state index is -0.511. The van der Waals surface area contributed by atoms with Crippen LogP contribution in [0.2, 0.25) is 0 Å². The van der Waals surface area contributed by atoms with E-state index in [2.05, 4.69) is 25.2 Å². The first-order chi connectivity index (χ1) is 8.01. The molecular formula is C14H24N2O. The molecule has 0 saturated heterocycles. The average Bonchev–Trinajstić information content (AvgIpc) is 2.60. The largest absolute Gasteiger partial charge is 0.352 e. The van der Waals surface area contributed by atoms with Crippen molar-refractivity contribution < 1.29 is 4.79 Å². The van der Waals surface area contributed by atoms with Crippen molar-refractivity contribution in [3.8, 4) is 6.07 Å². The summed E-state index contributed by atoms with van der Waals surface area (Å²) in [6.45, 7) is 8.25. The van der Waals surface area contributed by atoms with Gasteiger partial charge in [0.25, 0.3) is 0 Å². The van der Waals surface area contributed by atoms with E-state index in [0.717, 1.165) is 12.3 Å². The first-order valence-electron chi connectivity index (χ1n) is 6.71. The Morgan fingerprint density at radius 1 is 1.47 bits per heavy atom. The van der Waals surface area contributed by atoms with Gasteiger partial charge in [0, 0.05) is 6.04 Å². The average molecular weight is 236 g/mol. The van der Waals surface area contributed by atoms with Gasteiger partial charge in [0.2, 0.25) is 5.91 Å². The molecule has 1 aliphatic carbocycles. The van der Waals surface area contributed by atoms with Gasteiger partial charge in [0.05, 0.1) is 6.07 Å². The van der Waals surface area contributed by atoms with E-state index < -0.39 is 5.92 Å². The van der Waals surface area contributed by atoms with Gasteiger partial charge < -0.3 is 5.32 Å². The van der Waals surface area contributed by atoms with E-state index in [9.17, 15) is 4.79 Å². The highest BCUT2D eigenvalue weighted by molar-refractivity contribution is 5.81. The molecule has 0 bridgehead atoms. The first-order valence-corrected chi connectivity index (χ1v) is 6.71. The smallest absolute Gasteiger partial charge is 0.237 e. The van der Waals surface area contributed by atoms with Crippen molar-refractivity contribution in [2.45, 2.75) is 53.0 Å². The molecule has 1 fully saturated rings. The van der Waals surface area contributed by atoms with Gasteiger partial charge in [-0.2, -0.15) is 5.26 Å². The molecule has 0 spiro atoms. The van der Waals surface area contributed by atoms with Crippen molar-refractivity contribution in [3.05, 3.63) is 0 Å². The lowest BCUT2D eigenvalue weighted by Gasteiger charge is -2.23. The van der Waals surface area contributed by atoms with Crippen LogP contribution in [0.15, 0.2) is 0 Å². The first kappa shape index (κ1) is 14.0. The van der Waals surface area contributed by atoms with E-state index >= 15 is 0 Å². The third kappa shape index (κ3) is 3.21. The molecule has 0 aliphatic heterocycles. The number of hydrogen-bond acceptors (Lipinski definition) is 2. The summed E-state index contributed by atoms with van der Waals surface area (Å²) < 4.78 is 0.